The van der Waals surface area contributed by atoms with Crippen LogP contribution in [0.15, 0.2) is 67.1 Å². The second kappa shape index (κ2) is 11.4. The van der Waals surface area contributed by atoms with Crippen LogP contribution in [0.5, 0.6) is 5.75 Å². The van der Waals surface area contributed by atoms with Crippen molar-refractivity contribution in [2.75, 3.05) is 6.26 Å². The molecular formula is C32H30FN7O3S. The van der Waals surface area contributed by atoms with Gasteiger partial charge in [-0.05, 0) is 79.8 Å². The first-order chi connectivity index (χ1) is 21.3. The molecule has 1 fully saturated rings. The Bertz CT molecular complexity index is 2100. The lowest BCUT2D eigenvalue weighted by Gasteiger charge is -2.22. The highest BCUT2D eigenvalue weighted by atomic mass is 32.2. The largest absolute Gasteiger partial charge is 0.489 e. The fourth-order valence-corrected chi connectivity index (χ4v) is 6.19. The quantitative estimate of drug-likeness (QED) is 0.188. The summed E-state index contributed by atoms with van der Waals surface area (Å²) in [6.07, 6.45) is 12.2. The Labute approximate surface area is 253 Å². The average molecular weight is 612 g/mol. The molecule has 12 heteroatoms. The van der Waals surface area contributed by atoms with Crippen molar-refractivity contribution in [1.82, 2.24) is 34.9 Å². The highest BCUT2D eigenvalue weighted by molar-refractivity contribution is 7.88. The average Bonchev–Trinajstić information content (AvgIpc) is 3.64. The van der Waals surface area contributed by atoms with Crippen molar-refractivity contribution in [3.63, 3.8) is 0 Å². The maximum atomic E-state index is 14.6. The van der Waals surface area contributed by atoms with Crippen LogP contribution < -0.4 is 9.46 Å². The van der Waals surface area contributed by atoms with E-state index in [2.05, 4.69) is 29.9 Å². The van der Waals surface area contributed by atoms with Gasteiger partial charge in [-0.25, -0.2) is 22.5 Å². The summed E-state index contributed by atoms with van der Waals surface area (Å²) >= 11 is 0. The normalized spacial score (nSPS) is 14.4. The standard InChI is InChI=1S/C32H30FN7O3S/c1-44(41,42)36-16-19-11-20(13-22(33)12-19)30-25-15-29(37-27(25)9-10-35-30)32-31-28(39-40-32)8-7-26(38-31)21-14-24(18-34-17-21)43-23-5-3-2-4-6-23/h7-15,17-18,23,36-37H,2-6,16H2,1H3,(H,39,40). The van der Waals surface area contributed by atoms with Gasteiger partial charge in [-0.1, -0.05) is 6.42 Å². The number of benzene rings is 1. The van der Waals surface area contributed by atoms with Gasteiger partial charge in [-0.15, -0.1) is 0 Å². The molecule has 5 heterocycles. The van der Waals surface area contributed by atoms with Crippen LogP contribution >= 0.6 is 0 Å². The van der Waals surface area contributed by atoms with Crippen molar-refractivity contribution in [2.45, 2.75) is 44.8 Å². The second-order valence-electron chi connectivity index (χ2n) is 11.2. The molecule has 0 saturated heterocycles. The zero-order valence-electron chi connectivity index (χ0n) is 24.0. The first kappa shape index (κ1) is 28.1. The van der Waals surface area contributed by atoms with Gasteiger partial charge in [0.25, 0.3) is 0 Å². The summed E-state index contributed by atoms with van der Waals surface area (Å²) in [5.41, 5.74) is 6.75. The van der Waals surface area contributed by atoms with Crippen molar-refractivity contribution >= 4 is 32.0 Å². The minimum atomic E-state index is -3.44. The van der Waals surface area contributed by atoms with Crippen molar-refractivity contribution in [3.8, 4) is 39.7 Å². The second-order valence-corrected chi connectivity index (χ2v) is 13.0. The molecule has 1 aromatic carbocycles. The fourth-order valence-electron chi connectivity index (χ4n) is 5.76. The lowest BCUT2D eigenvalue weighted by Crippen LogP contribution is -2.21. The van der Waals surface area contributed by atoms with Crippen LogP contribution in [-0.2, 0) is 16.6 Å². The summed E-state index contributed by atoms with van der Waals surface area (Å²) in [4.78, 5) is 17.3. The van der Waals surface area contributed by atoms with Crippen molar-refractivity contribution in [3.05, 3.63) is 78.5 Å². The first-order valence-corrected chi connectivity index (χ1v) is 16.4. The van der Waals surface area contributed by atoms with Gasteiger partial charge in [0.1, 0.15) is 22.8 Å². The van der Waals surface area contributed by atoms with Gasteiger partial charge in [0.15, 0.2) is 0 Å². The molecule has 0 radical (unpaired) electrons. The number of fused-ring (bicyclic) bond motifs is 2. The number of pyridine rings is 3. The van der Waals surface area contributed by atoms with E-state index in [9.17, 15) is 12.8 Å². The number of hydrogen-bond acceptors (Lipinski definition) is 7. The Morgan fingerprint density at radius 1 is 0.977 bits per heavy atom. The molecule has 6 aromatic rings. The molecule has 44 heavy (non-hydrogen) atoms. The predicted molar refractivity (Wildman–Crippen MR) is 167 cm³/mol. The number of hydrogen-bond donors (Lipinski definition) is 3. The van der Waals surface area contributed by atoms with Gasteiger partial charge in [0.05, 0.1) is 41.2 Å². The molecule has 0 aliphatic heterocycles. The monoisotopic (exact) mass is 611 g/mol. The predicted octanol–water partition coefficient (Wildman–Crippen LogP) is 6.13. The molecule has 0 amide bonds. The lowest BCUT2D eigenvalue weighted by atomic mass is 9.98. The Morgan fingerprint density at radius 2 is 1.84 bits per heavy atom. The highest BCUT2D eigenvalue weighted by Crippen LogP contribution is 2.34. The highest BCUT2D eigenvalue weighted by Gasteiger charge is 2.18. The van der Waals surface area contributed by atoms with Gasteiger partial charge in [0, 0.05) is 41.0 Å². The number of aromatic amines is 2. The summed E-state index contributed by atoms with van der Waals surface area (Å²) in [6, 6.07) is 14.0. The van der Waals surface area contributed by atoms with Crippen LogP contribution in [0.3, 0.4) is 0 Å². The van der Waals surface area contributed by atoms with E-state index in [1.807, 2.05) is 30.3 Å². The van der Waals surface area contributed by atoms with Crippen molar-refractivity contribution in [1.29, 1.82) is 0 Å². The molecule has 5 aromatic heterocycles. The third kappa shape index (κ3) is 5.90. The number of nitrogens with one attached hydrogen (secondary N) is 3. The third-order valence-corrected chi connectivity index (χ3v) is 8.51. The number of halogens is 1. The number of rotatable bonds is 8. The smallest absolute Gasteiger partial charge is 0.209 e. The summed E-state index contributed by atoms with van der Waals surface area (Å²) in [7, 11) is -3.44. The van der Waals surface area contributed by atoms with Crippen LogP contribution in [0, 0.1) is 5.82 Å². The summed E-state index contributed by atoms with van der Waals surface area (Å²) in [5, 5.41) is 8.40. The topological polar surface area (TPSA) is 139 Å². The summed E-state index contributed by atoms with van der Waals surface area (Å²) in [5.74, 6) is 0.257. The molecule has 0 bridgehead atoms. The van der Waals surface area contributed by atoms with Gasteiger partial charge in [0.2, 0.25) is 10.0 Å². The fraction of sp³-hybridized carbons (Fsp3) is 0.250. The van der Waals surface area contributed by atoms with Crippen LogP contribution in [0.1, 0.15) is 37.7 Å². The van der Waals surface area contributed by atoms with E-state index < -0.39 is 15.8 Å². The minimum absolute atomic E-state index is 0.0314. The van der Waals surface area contributed by atoms with E-state index >= 15 is 0 Å². The third-order valence-electron chi connectivity index (χ3n) is 7.84. The van der Waals surface area contributed by atoms with Crippen molar-refractivity contribution in [2.24, 2.45) is 0 Å². The molecule has 3 N–H and O–H groups in total. The van der Waals surface area contributed by atoms with E-state index in [-0.39, 0.29) is 12.6 Å². The Balaban J connectivity index is 1.23. The zero-order chi connectivity index (χ0) is 30.3. The number of H-pyrrole nitrogens is 2. The molecule has 10 nitrogen and oxygen atoms in total. The molecule has 224 valence electrons. The van der Waals surface area contributed by atoms with E-state index in [1.165, 1.54) is 31.4 Å². The maximum absolute atomic E-state index is 14.6. The van der Waals surface area contributed by atoms with E-state index in [0.29, 0.717) is 33.7 Å². The van der Waals surface area contributed by atoms with Gasteiger partial charge in [-0.2, -0.15) is 5.10 Å². The summed E-state index contributed by atoms with van der Waals surface area (Å²) < 4.78 is 46.4. The molecule has 0 unspecified atom stereocenters. The van der Waals surface area contributed by atoms with Crippen LogP contribution in [0.2, 0.25) is 0 Å². The maximum Gasteiger partial charge on any atom is 0.209 e. The van der Waals surface area contributed by atoms with Crippen LogP contribution in [0.4, 0.5) is 4.39 Å². The van der Waals surface area contributed by atoms with E-state index in [0.717, 1.165) is 52.5 Å². The number of sulfonamides is 1. The van der Waals surface area contributed by atoms with E-state index in [1.54, 1.807) is 24.7 Å². The molecule has 0 spiro atoms. The Morgan fingerprint density at radius 3 is 2.68 bits per heavy atom. The SMILES string of the molecule is CS(=O)(=O)NCc1cc(F)cc(-c2nccc3[nH]c(-c4n[nH]c5ccc(-c6cncc(OC7CCCCC7)c6)nc45)cc23)c1. The van der Waals surface area contributed by atoms with Crippen LogP contribution in [0.25, 0.3) is 55.8 Å². The van der Waals surface area contributed by atoms with Crippen molar-refractivity contribution < 1.29 is 17.5 Å². The Kier molecular flexibility index (Phi) is 7.31. The Hall–Kier alpha value is -4.68. The number of aromatic nitrogens is 6. The zero-order valence-corrected chi connectivity index (χ0v) is 24.8. The van der Waals surface area contributed by atoms with Gasteiger partial charge in [-0.3, -0.25) is 15.1 Å². The molecule has 1 saturated carbocycles. The molecular weight excluding hydrogens is 581 g/mol. The lowest BCUT2D eigenvalue weighted by molar-refractivity contribution is 0.154. The van der Waals surface area contributed by atoms with E-state index in [4.69, 9.17) is 9.72 Å². The molecule has 1 aliphatic carbocycles. The number of nitrogens with zero attached hydrogens (tertiary/aromatic N) is 4. The molecule has 7 rings (SSSR count). The molecule has 0 atom stereocenters. The summed E-state index contributed by atoms with van der Waals surface area (Å²) in [6.45, 7) is -0.0314. The van der Waals surface area contributed by atoms with Gasteiger partial charge < -0.3 is 9.72 Å². The molecule has 1 aliphatic rings. The minimum Gasteiger partial charge on any atom is -0.489 e. The van der Waals surface area contributed by atoms with Crippen LogP contribution in [-0.4, -0.2) is 50.9 Å². The van der Waals surface area contributed by atoms with Gasteiger partial charge >= 0.3 is 0 Å². The first-order valence-electron chi connectivity index (χ1n) is 14.5. The number of ether oxygens (including phenoxy) is 1.